The number of carbonyl (C=O) groups excluding carboxylic acids is 9. The van der Waals surface area contributed by atoms with E-state index in [1.165, 1.54) is 173 Å². The third-order valence-corrected chi connectivity index (χ3v) is 31.7. The van der Waals surface area contributed by atoms with Crippen molar-refractivity contribution in [3.63, 3.8) is 0 Å². The number of nitrogens with two attached hydrogens (primary N) is 1. The van der Waals surface area contributed by atoms with Crippen LogP contribution in [0, 0.1) is 47.3 Å². The number of alkyl carbamates (subject to hydrolysis) is 3. The Kier molecular flexibility index (Phi) is 67.0. The van der Waals surface area contributed by atoms with Crippen LogP contribution in [0.1, 0.15) is 481 Å². The van der Waals surface area contributed by atoms with Gasteiger partial charge < -0.3 is 78.0 Å². The molecule has 0 atom stereocenters. The summed E-state index contributed by atoms with van der Waals surface area (Å²) in [6.07, 6.45) is 67.0. The van der Waals surface area contributed by atoms with Crippen molar-refractivity contribution in [2.45, 2.75) is 570 Å². The molecule has 0 spiro atoms. The van der Waals surface area contributed by atoms with Crippen LogP contribution in [-0.4, -0.2) is 204 Å². The number of carbonyl (C=O) groups is 11. The van der Waals surface area contributed by atoms with Crippen molar-refractivity contribution in [3.8, 4) is 0 Å². The first kappa shape index (κ1) is 131. The number of nitrogens with one attached hydrogen (secondary N) is 11. The Hall–Kier alpha value is -7.21. The molecule has 14 aliphatic carbocycles. The first-order valence-corrected chi connectivity index (χ1v) is 59.3. The Bertz CT molecular complexity index is 3660. The van der Waals surface area contributed by atoms with E-state index in [1.54, 1.807) is 14.1 Å². The Morgan fingerprint density at radius 3 is 0.574 bits per heavy atom. The number of rotatable bonds is 21. The van der Waals surface area contributed by atoms with Crippen LogP contribution < -0.4 is 63.3 Å². The predicted octanol–water partition coefficient (Wildman–Crippen LogP) is 22.5. The summed E-state index contributed by atoms with van der Waals surface area (Å²) >= 11 is 11.2. The summed E-state index contributed by atoms with van der Waals surface area (Å²) in [6, 6.07) is 8.90. The number of aliphatic carboxylic acids is 2. The molecule has 14 saturated carbocycles. The molecule has 9 amide bonds. The van der Waals surface area contributed by atoms with Gasteiger partial charge in [-0.2, -0.15) is 0 Å². The Labute approximate surface area is 900 Å². The fraction of sp³-hybridized carbons (Fsp3) is 0.886. The SMILES string of the molecule is CC(C)(C)OC(=O)NC1CCC(C(=O)NC2CCCCC2)CC1.CC(C)(C)OC(=O)NC1CCC(C(=O)NC2CCCCC2)CC1.CC(C)(C)OC(=O)NC1CCC(C(=O)O)CC1.CCN=C=NC.CCN=C=NC.NC1CCCC1.O=C(NC1CCC(C(=O)NC2CCCCC2)CC1)C1CCCCC1.O=C(NC1CCCCC1)C1CCC(NCl)CC1.O=C(NC1CCCCC1)C1CCC(NCl)CC1.O=C(O)C1CCCCC1. The number of carboxylic acid groups (broad SMARTS) is 2. The molecule has 0 heterocycles. The molecule has 14 fully saturated rings. The zero-order valence-corrected chi connectivity index (χ0v) is 95.3. The number of nitrogens with zero attached hydrogens (tertiary/aromatic N) is 4. The van der Waals surface area contributed by atoms with Gasteiger partial charge in [0.2, 0.25) is 35.4 Å². The van der Waals surface area contributed by atoms with Gasteiger partial charge in [-0.25, -0.2) is 44.0 Å². The summed E-state index contributed by atoms with van der Waals surface area (Å²) < 4.78 is 15.7. The van der Waals surface area contributed by atoms with Gasteiger partial charge in [0.15, 0.2) is 0 Å². The molecule has 0 aromatic carbocycles. The predicted molar refractivity (Wildman–Crippen MR) is 591 cm³/mol. The van der Waals surface area contributed by atoms with Gasteiger partial charge in [0.05, 0.1) is 23.9 Å². The fourth-order valence-electron chi connectivity index (χ4n) is 22.4. The van der Waals surface area contributed by atoms with Gasteiger partial charge in [-0.15, -0.1) is 0 Å². The molecule has 0 unspecified atom stereocenters. The molecule has 0 saturated heterocycles. The maximum atomic E-state index is 12.4. The van der Waals surface area contributed by atoms with Crippen LogP contribution >= 0.6 is 23.6 Å². The second-order valence-corrected chi connectivity index (χ2v) is 47.6. The van der Waals surface area contributed by atoms with Gasteiger partial charge in [-0.3, -0.25) is 38.4 Å². The van der Waals surface area contributed by atoms with E-state index in [0.717, 1.165) is 219 Å². The van der Waals surface area contributed by atoms with Crippen molar-refractivity contribution in [2.24, 2.45) is 73.0 Å². The summed E-state index contributed by atoms with van der Waals surface area (Å²) in [6.45, 7) is 22.0. The number of ether oxygens (including phenoxy) is 3. The minimum Gasteiger partial charge on any atom is -0.481 e. The lowest BCUT2D eigenvalue weighted by Gasteiger charge is -2.32. The van der Waals surface area contributed by atoms with Gasteiger partial charge in [-0.1, -0.05) is 148 Å². The Morgan fingerprint density at radius 1 is 0.250 bits per heavy atom. The summed E-state index contributed by atoms with van der Waals surface area (Å²) in [5, 5.41) is 45.4. The average Bonchev–Trinajstić information content (AvgIpc) is 0.955. The van der Waals surface area contributed by atoms with Crippen LogP contribution in [0.5, 0.6) is 0 Å². The van der Waals surface area contributed by atoms with E-state index in [-0.39, 0.29) is 119 Å². The molecule has 0 aromatic heterocycles. The molecular formula is C114H204Cl2N16O16. The number of hydrogen-bond donors (Lipinski definition) is 14. The zero-order valence-electron chi connectivity index (χ0n) is 93.7. The highest BCUT2D eigenvalue weighted by atomic mass is 35.5. The minimum atomic E-state index is -0.735. The third kappa shape index (κ3) is 60.4. The van der Waals surface area contributed by atoms with Gasteiger partial charge in [0.25, 0.3) is 0 Å². The first-order valence-electron chi connectivity index (χ1n) is 58.5. The van der Waals surface area contributed by atoms with Gasteiger partial charge in [0.1, 0.15) is 16.8 Å². The van der Waals surface area contributed by atoms with Gasteiger partial charge >= 0.3 is 30.2 Å². The highest BCUT2D eigenvalue weighted by Gasteiger charge is 2.38. The van der Waals surface area contributed by atoms with Crippen molar-refractivity contribution in [3.05, 3.63) is 0 Å². The van der Waals surface area contributed by atoms with E-state index in [4.69, 9.17) is 53.7 Å². The van der Waals surface area contributed by atoms with Gasteiger partial charge in [0, 0.05) is 135 Å². The van der Waals surface area contributed by atoms with E-state index in [2.05, 4.69) is 89.5 Å². The molecule has 0 bridgehead atoms. The van der Waals surface area contributed by atoms with Crippen molar-refractivity contribution in [2.75, 3.05) is 27.2 Å². The summed E-state index contributed by atoms with van der Waals surface area (Å²) in [5.74, 6) is 0.958. The minimum absolute atomic E-state index is 0.0289. The first-order chi connectivity index (χ1) is 70.8. The monoisotopic (exact) mass is 2120 g/mol. The zero-order chi connectivity index (χ0) is 109. The van der Waals surface area contributed by atoms with E-state index in [1.807, 2.05) is 76.2 Å². The number of amides is 9. The molecule has 0 aromatic rings. The van der Waals surface area contributed by atoms with Crippen molar-refractivity contribution < 1.29 is 77.2 Å². The molecule has 850 valence electrons. The molecule has 0 radical (unpaired) electrons. The normalized spacial score (nSPS) is 25.9. The van der Waals surface area contributed by atoms with Crippen LogP contribution in [0.3, 0.4) is 0 Å². The Morgan fingerprint density at radius 2 is 0.412 bits per heavy atom. The molecule has 0 aliphatic heterocycles. The highest BCUT2D eigenvalue weighted by molar-refractivity contribution is 6.13. The second-order valence-electron chi connectivity index (χ2n) is 47.2. The second kappa shape index (κ2) is 75.6. The van der Waals surface area contributed by atoms with Crippen molar-refractivity contribution in [1.82, 2.24) is 57.5 Å². The van der Waals surface area contributed by atoms with E-state index in [9.17, 15) is 52.7 Å². The van der Waals surface area contributed by atoms with Crippen LogP contribution in [0.15, 0.2) is 20.0 Å². The molecule has 14 rings (SSSR count). The maximum Gasteiger partial charge on any atom is 0.407 e. The number of aliphatic imine (C=N–C) groups is 4. The lowest BCUT2D eigenvalue weighted by atomic mass is 9.84. The van der Waals surface area contributed by atoms with Crippen LogP contribution in [0.25, 0.3) is 0 Å². The standard InChI is InChI=1S/C20H34N2O2.2C18H32N2O3.2C13H23ClN2O.C12H21NO4.C7H12O2.C5H11N.2C4H8N2/c23-19(15-7-3-1-4-8-15)22-18-13-11-16(12-14-18)20(24)21-17-9-5-2-6-10-17;2*1-18(2,3)23-17(22)20-15-11-9-13(10-12-15)16(21)19-14-7-5-4-6-8-14;2*14-16-12-8-6-10(7-9-12)13(17)15-11-4-2-1-3-5-11;1-12(2,3)17-11(16)13-9-6-4-8(5-7-9)10(14)15;8-7(9)6-4-2-1-3-5-6;6-5-3-1-2-4-5;2*1-3-6-4-5-2/h15-18H,1-14H2,(H,21,24)(H,22,23);2*13-15H,4-12H2,1-3H3,(H,19,21)(H,20,22);2*10-12,16H,1-9H2,(H,15,17);8-9H,4-7H2,1-3H3,(H,13,16)(H,14,15);6H,1-5H2,(H,8,9);5H,1-4,6H2;2*3H2,1-2H3. The summed E-state index contributed by atoms with van der Waals surface area (Å²) in [7, 11) is 3.30. The lowest BCUT2D eigenvalue weighted by molar-refractivity contribution is -0.143. The number of carboxylic acids is 2. The largest absolute Gasteiger partial charge is 0.481 e. The van der Waals surface area contributed by atoms with E-state index in [0.29, 0.717) is 74.0 Å². The fourth-order valence-corrected chi connectivity index (χ4v) is 22.9. The number of hydrogen-bond acceptors (Lipinski definition) is 21. The van der Waals surface area contributed by atoms with Crippen LogP contribution in [-0.2, 0) is 52.6 Å². The lowest BCUT2D eigenvalue weighted by Crippen LogP contribution is -2.45. The molecule has 148 heavy (non-hydrogen) atoms. The summed E-state index contributed by atoms with van der Waals surface area (Å²) in [5.41, 5.74) is 4.09. The van der Waals surface area contributed by atoms with Crippen LogP contribution in [0.2, 0.25) is 0 Å². The maximum absolute atomic E-state index is 12.4. The average molecular weight is 2130 g/mol. The molecular weight excluding hydrogens is 1920 g/mol. The smallest absolute Gasteiger partial charge is 0.407 e. The number of halogens is 2. The van der Waals surface area contributed by atoms with Crippen LogP contribution in [0.4, 0.5) is 14.4 Å². The third-order valence-electron chi connectivity index (χ3n) is 31.1. The quantitative estimate of drug-likeness (QED) is 0.0288. The highest BCUT2D eigenvalue weighted by Crippen LogP contribution is 2.35. The molecule has 32 nitrogen and oxygen atoms in total. The van der Waals surface area contributed by atoms with E-state index < -0.39 is 34.8 Å². The van der Waals surface area contributed by atoms with Crippen molar-refractivity contribution in [1.29, 1.82) is 0 Å². The molecule has 15 N–H and O–H groups in total. The molecule has 34 heteroatoms. The topological polar surface area (TPSA) is 464 Å². The Balaban J connectivity index is 0.000000298. The van der Waals surface area contributed by atoms with Crippen molar-refractivity contribution >= 4 is 101 Å². The van der Waals surface area contributed by atoms with Gasteiger partial charge in [-0.05, 0) is 357 Å². The van der Waals surface area contributed by atoms with E-state index >= 15 is 0 Å². The summed E-state index contributed by atoms with van der Waals surface area (Å²) in [4.78, 5) is 150. The molecule has 14 aliphatic rings.